The molecule has 6 heteroatoms. The molecule has 0 aliphatic heterocycles. The van der Waals surface area contributed by atoms with Gasteiger partial charge < -0.3 is 9.47 Å². The Labute approximate surface area is 103 Å². The Bertz CT molecular complexity index is 457. The molecular weight excluding hydrogens is 246 g/mol. The molecule has 0 spiro atoms. The molecule has 0 N–H and O–H groups in total. The van der Waals surface area contributed by atoms with Gasteiger partial charge in [0.15, 0.2) is 5.78 Å². The Kier molecular flexibility index (Phi) is 4.76. The van der Waals surface area contributed by atoms with Gasteiger partial charge in [-0.1, -0.05) is 6.92 Å². The van der Waals surface area contributed by atoms with Crippen LogP contribution in [0.5, 0.6) is 5.75 Å². The average Bonchev–Trinajstić information content (AvgIpc) is 2.36. The lowest BCUT2D eigenvalue weighted by Crippen LogP contribution is -2.10. The van der Waals surface area contributed by atoms with Crippen molar-refractivity contribution in [2.75, 3.05) is 7.11 Å². The molecule has 0 saturated heterocycles. The van der Waals surface area contributed by atoms with Crippen molar-refractivity contribution in [3.8, 4) is 5.75 Å². The number of methoxy groups -OCH3 is 1. The summed E-state index contributed by atoms with van der Waals surface area (Å²) in [7, 11) is 1.17. The molecule has 1 rings (SSSR count). The summed E-state index contributed by atoms with van der Waals surface area (Å²) in [6.45, 7) is -1.47. The molecule has 4 nitrogen and oxygen atoms in total. The number of Topliss-reactive ketones (excluding diaryl/α,β-unsaturated/α-hetero) is 1. The Balaban J connectivity index is 3.19. The summed E-state index contributed by atoms with van der Waals surface area (Å²) in [6, 6.07) is 3.67. The highest BCUT2D eigenvalue weighted by Gasteiger charge is 2.17. The monoisotopic (exact) mass is 258 g/mol. The third-order valence-corrected chi connectivity index (χ3v) is 2.24. The molecular formula is C12H12F2O4. The van der Waals surface area contributed by atoms with E-state index in [1.54, 1.807) is 6.92 Å². The van der Waals surface area contributed by atoms with Gasteiger partial charge in [-0.2, -0.15) is 8.78 Å². The molecule has 0 aliphatic rings. The number of carbonyl (C=O) groups is 2. The number of rotatable bonds is 5. The van der Waals surface area contributed by atoms with Crippen LogP contribution in [0.15, 0.2) is 18.2 Å². The Hall–Kier alpha value is -1.98. The molecule has 98 valence electrons. The first-order valence-corrected chi connectivity index (χ1v) is 5.20. The molecule has 0 saturated carbocycles. The summed E-state index contributed by atoms with van der Waals surface area (Å²) >= 11 is 0. The molecule has 0 radical (unpaired) electrons. The van der Waals surface area contributed by atoms with E-state index in [9.17, 15) is 18.4 Å². The van der Waals surface area contributed by atoms with Gasteiger partial charge in [-0.3, -0.25) is 4.79 Å². The van der Waals surface area contributed by atoms with Gasteiger partial charge in [0, 0.05) is 6.42 Å². The summed E-state index contributed by atoms with van der Waals surface area (Å²) in [4.78, 5) is 22.8. The predicted molar refractivity (Wildman–Crippen MR) is 59.0 cm³/mol. The minimum atomic E-state index is -3.07. The van der Waals surface area contributed by atoms with Crippen molar-refractivity contribution in [3.63, 3.8) is 0 Å². The van der Waals surface area contributed by atoms with E-state index in [4.69, 9.17) is 0 Å². The predicted octanol–water partition coefficient (Wildman–Crippen LogP) is 2.67. The van der Waals surface area contributed by atoms with Crippen molar-refractivity contribution in [1.82, 2.24) is 0 Å². The third-order valence-electron chi connectivity index (χ3n) is 2.24. The number of benzene rings is 1. The first-order valence-electron chi connectivity index (χ1n) is 5.20. The topological polar surface area (TPSA) is 52.6 Å². The van der Waals surface area contributed by atoms with Crippen LogP contribution in [0.3, 0.4) is 0 Å². The summed E-state index contributed by atoms with van der Waals surface area (Å²) in [5.74, 6) is -1.36. The van der Waals surface area contributed by atoms with Crippen molar-refractivity contribution in [2.24, 2.45) is 0 Å². The number of ether oxygens (including phenoxy) is 2. The van der Waals surface area contributed by atoms with Crippen LogP contribution in [0.4, 0.5) is 8.78 Å². The summed E-state index contributed by atoms with van der Waals surface area (Å²) in [6.07, 6.45) is 0.150. The average molecular weight is 258 g/mol. The number of hydrogen-bond acceptors (Lipinski definition) is 4. The van der Waals surface area contributed by atoms with E-state index in [0.717, 1.165) is 6.07 Å². The molecule has 0 fully saturated rings. The van der Waals surface area contributed by atoms with E-state index in [0.29, 0.717) is 0 Å². The molecule has 0 heterocycles. The zero-order valence-corrected chi connectivity index (χ0v) is 9.91. The van der Waals surface area contributed by atoms with Crippen molar-refractivity contribution in [1.29, 1.82) is 0 Å². The minimum Gasteiger partial charge on any atom is -0.465 e. The van der Waals surface area contributed by atoms with Crippen molar-refractivity contribution in [3.05, 3.63) is 29.3 Å². The zero-order valence-electron chi connectivity index (χ0n) is 9.91. The van der Waals surface area contributed by atoms with E-state index in [2.05, 4.69) is 9.47 Å². The van der Waals surface area contributed by atoms with Crippen molar-refractivity contribution in [2.45, 2.75) is 20.0 Å². The molecule has 18 heavy (non-hydrogen) atoms. The van der Waals surface area contributed by atoms with Crippen LogP contribution < -0.4 is 4.74 Å². The first-order chi connectivity index (χ1) is 8.49. The third kappa shape index (κ3) is 3.26. The molecule has 1 aromatic rings. The van der Waals surface area contributed by atoms with Gasteiger partial charge in [-0.15, -0.1) is 0 Å². The van der Waals surface area contributed by atoms with Gasteiger partial charge in [0.05, 0.1) is 18.2 Å². The lowest BCUT2D eigenvalue weighted by atomic mass is 10.1. The number of carbonyl (C=O) groups excluding carboxylic acids is 2. The summed E-state index contributed by atoms with van der Waals surface area (Å²) < 4.78 is 33.2. The minimum absolute atomic E-state index is 0.0189. The van der Waals surface area contributed by atoms with Crippen LogP contribution in [0.1, 0.15) is 34.1 Å². The molecule has 0 unspecified atom stereocenters. The molecule has 0 amide bonds. The maximum atomic E-state index is 12.2. The smallest absolute Gasteiger partial charge is 0.387 e. The quantitative estimate of drug-likeness (QED) is 0.602. The highest BCUT2D eigenvalue weighted by atomic mass is 19.3. The Morgan fingerprint density at radius 3 is 2.50 bits per heavy atom. The highest BCUT2D eigenvalue weighted by Crippen LogP contribution is 2.24. The van der Waals surface area contributed by atoms with Crippen molar-refractivity contribution < 1.29 is 27.8 Å². The van der Waals surface area contributed by atoms with Crippen LogP contribution in [0.25, 0.3) is 0 Å². The van der Waals surface area contributed by atoms with Gasteiger partial charge in [0.25, 0.3) is 0 Å². The Morgan fingerprint density at radius 2 is 2.00 bits per heavy atom. The number of ketones is 1. The SMILES string of the molecule is CCC(=O)c1ccc(C(=O)OC)cc1OC(F)F. The van der Waals surface area contributed by atoms with Crippen LogP contribution in [0, 0.1) is 0 Å². The number of esters is 1. The normalized spacial score (nSPS) is 10.3. The maximum Gasteiger partial charge on any atom is 0.387 e. The fourth-order valence-corrected chi connectivity index (χ4v) is 1.38. The van der Waals surface area contributed by atoms with Gasteiger partial charge >= 0.3 is 12.6 Å². The van der Waals surface area contributed by atoms with Gasteiger partial charge in [0.2, 0.25) is 0 Å². The highest BCUT2D eigenvalue weighted by molar-refractivity contribution is 6.00. The molecule has 0 aliphatic carbocycles. The summed E-state index contributed by atoms with van der Waals surface area (Å²) in [5, 5.41) is 0. The molecule has 1 aromatic carbocycles. The molecule has 0 aromatic heterocycles. The van der Waals surface area contributed by atoms with E-state index in [1.165, 1.54) is 19.2 Å². The van der Waals surface area contributed by atoms with Crippen molar-refractivity contribution >= 4 is 11.8 Å². The van der Waals surface area contributed by atoms with Gasteiger partial charge in [0.1, 0.15) is 5.75 Å². The van der Waals surface area contributed by atoms with E-state index < -0.39 is 12.6 Å². The number of alkyl halides is 2. The zero-order chi connectivity index (χ0) is 13.7. The molecule has 0 bridgehead atoms. The second-order valence-electron chi connectivity index (χ2n) is 3.36. The van der Waals surface area contributed by atoms with E-state index in [1.807, 2.05) is 0 Å². The van der Waals surface area contributed by atoms with E-state index >= 15 is 0 Å². The molecule has 0 atom stereocenters. The van der Waals surface area contributed by atoms with Crippen LogP contribution in [-0.2, 0) is 4.74 Å². The maximum absolute atomic E-state index is 12.2. The lowest BCUT2D eigenvalue weighted by molar-refractivity contribution is -0.0502. The Morgan fingerprint density at radius 1 is 1.33 bits per heavy atom. The van der Waals surface area contributed by atoms with Gasteiger partial charge in [-0.25, -0.2) is 4.79 Å². The fraction of sp³-hybridized carbons (Fsp3) is 0.333. The second-order valence-corrected chi connectivity index (χ2v) is 3.36. The first kappa shape index (κ1) is 14.1. The van der Waals surface area contributed by atoms with Crippen LogP contribution in [-0.4, -0.2) is 25.5 Å². The standard InChI is InChI=1S/C12H12F2O4/c1-3-9(15)8-5-4-7(11(16)17-2)6-10(8)18-12(13)14/h4-6,12H,3H2,1-2H3. The largest absolute Gasteiger partial charge is 0.465 e. The number of halogens is 2. The van der Waals surface area contributed by atoms with Crippen LogP contribution >= 0.6 is 0 Å². The lowest BCUT2D eigenvalue weighted by Gasteiger charge is -2.10. The summed E-state index contributed by atoms with van der Waals surface area (Å²) in [5.41, 5.74) is 0.0613. The fourth-order valence-electron chi connectivity index (χ4n) is 1.38. The van der Waals surface area contributed by atoms with Gasteiger partial charge in [-0.05, 0) is 18.2 Å². The number of hydrogen-bond donors (Lipinski definition) is 0. The van der Waals surface area contributed by atoms with Crippen LogP contribution in [0.2, 0.25) is 0 Å². The van der Waals surface area contributed by atoms with E-state index in [-0.39, 0.29) is 29.1 Å². The second kappa shape index (κ2) is 6.09.